The van der Waals surface area contributed by atoms with Gasteiger partial charge in [0.1, 0.15) is 5.82 Å². The molecule has 4 aromatic rings. The zero-order valence-electron chi connectivity index (χ0n) is 15.0. The Hall–Kier alpha value is -3.34. The third kappa shape index (κ3) is 3.12. The Balaban J connectivity index is 2.03. The van der Waals surface area contributed by atoms with Crippen molar-refractivity contribution in [3.8, 4) is 0 Å². The molecule has 0 atom stereocenters. The van der Waals surface area contributed by atoms with Crippen molar-refractivity contribution >= 4 is 24.6 Å². The molecular weight excluding hydrogens is 333 g/mol. The van der Waals surface area contributed by atoms with Gasteiger partial charge in [0.05, 0.1) is 16.9 Å². The first-order chi connectivity index (χ1) is 13.2. The minimum absolute atomic E-state index is 0.0905. The summed E-state index contributed by atoms with van der Waals surface area (Å²) in [7, 11) is 5.52. The predicted molar refractivity (Wildman–Crippen MR) is 110 cm³/mol. The molecule has 0 unspecified atom stereocenters. The van der Waals surface area contributed by atoms with Gasteiger partial charge in [0.25, 0.3) is 5.56 Å². The second-order valence-corrected chi connectivity index (χ2v) is 6.43. The first-order valence-corrected chi connectivity index (χ1v) is 8.78. The smallest absolute Gasteiger partial charge is 0.262 e. The molecule has 130 valence electrons. The van der Waals surface area contributed by atoms with Gasteiger partial charge < -0.3 is 5.23 Å². The summed E-state index contributed by atoms with van der Waals surface area (Å²) in [6.07, 6.45) is 0. The van der Waals surface area contributed by atoms with E-state index in [-0.39, 0.29) is 11.6 Å². The van der Waals surface area contributed by atoms with Gasteiger partial charge in [0.2, 0.25) is 7.98 Å². The second kappa shape index (κ2) is 7.12. The highest BCUT2D eigenvalue weighted by atomic mass is 16.1. The van der Waals surface area contributed by atoms with Crippen molar-refractivity contribution in [1.29, 1.82) is 0 Å². The fourth-order valence-corrected chi connectivity index (χ4v) is 3.46. The van der Waals surface area contributed by atoms with Gasteiger partial charge in [0.15, 0.2) is 0 Å². The largest absolute Gasteiger partial charge is 0.437 e. The van der Waals surface area contributed by atoms with Crippen LogP contribution in [0.5, 0.6) is 0 Å². The van der Waals surface area contributed by atoms with Crippen LogP contribution >= 0.6 is 0 Å². The lowest BCUT2D eigenvalue weighted by molar-refractivity contribution is 0.620. The van der Waals surface area contributed by atoms with Crippen LogP contribution in [0.1, 0.15) is 23.0 Å². The number of rotatable bonds is 4. The molecule has 5 heteroatoms. The molecule has 0 saturated heterocycles. The van der Waals surface area contributed by atoms with E-state index in [1.54, 1.807) is 10.6 Å². The van der Waals surface area contributed by atoms with Crippen molar-refractivity contribution in [2.24, 2.45) is 0 Å². The number of nitrogens with zero attached hydrogens (tertiary/aromatic N) is 2. The summed E-state index contributed by atoms with van der Waals surface area (Å²) in [4.78, 5) is 18.1. The van der Waals surface area contributed by atoms with Gasteiger partial charge in [-0.25, -0.2) is 4.98 Å². The van der Waals surface area contributed by atoms with E-state index in [0.29, 0.717) is 22.4 Å². The number of benzene rings is 3. The molecule has 0 amide bonds. The quantitative estimate of drug-likeness (QED) is 0.569. The van der Waals surface area contributed by atoms with Crippen LogP contribution in [0, 0.1) is 6.92 Å². The average Bonchev–Trinajstić information content (AvgIpc) is 2.72. The lowest BCUT2D eigenvalue weighted by Gasteiger charge is -2.23. The number of anilines is 1. The van der Waals surface area contributed by atoms with Gasteiger partial charge >= 0.3 is 0 Å². The standard InChI is InChI=1S/C22H18BN3O/c1-15-24-20-13-12-18(25-23)14-19(20)22(27)26(15)21(16-8-4-2-5-9-16)17-10-6-3-7-11-17/h2-14,21,25H,1H3. The zero-order valence-corrected chi connectivity index (χ0v) is 15.0. The third-order valence-electron chi connectivity index (χ3n) is 4.73. The maximum atomic E-state index is 13.5. The number of aryl methyl sites for hydroxylation is 1. The van der Waals surface area contributed by atoms with Crippen LogP contribution in [0.3, 0.4) is 0 Å². The van der Waals surface area contributed by atoms with Crippen LogP contribution in [-0.2, 0) is 0 Å². The molecule has 0 aliphatic carbocycles. The molecule has 0 fully saturated rings. The molecule has 4 rings (SSSR count). The van der Waals surface area contributed by atoms with Crippen LogP contribution in [0.15, 0.2) is 83.7 Å². The van der Waals surface area contributed by atoms with Gasteiger partial charge in [-0.1, -0.05) is 60.7 Å². The average molecular weight is 351 g/mol. The summed E-state index contributed by atoms with van der Waals surface area (Å²) in [5.41, 5.74) is 3.30. The normalized spacial score (nSPS) is 11.0. The first kappa shape index (κ1) is 17.1. The topological polar surface area (TPSA) is 46.9 Å². The molecule has 1 aromatic heterocycles. The summed E-state index contributed by atoms with van der Waals surface area (Å²) in [6, 6.07) is 25.1. The van der Waals surface area contributed by atoms with Crippen molar-refractivity contribution < 1.29 is 0 Å². The van der Waals surface area contributed by atoms with E-state index in [1.807, 2.05) is 79.7 Å². The van der Waals surface area contributed by atoms with Gasteiger partial charge in [-0.2, -0.15) is 0 Å². The predicted octanol–water partition coefficient (Wildman–Crippen LogP) is 3.84. The molecule has 1 heterocycles. The second-order valence-electron chi connectivity index (χ2n) is 6.43. The van der Waals surface area contributed by atoms with E-state index < -0.39 is 0 Å². The first-order valence-electron chi connectivity index (χ1n) is 8.78. The lowest BCUT2D eigenvalue weighted by Crippen LogP contribution is -2.29. The molecular formula is C22H18BN3O. The summed E-state index contributed by atoms with van der Waals surface area (Å²) < 4.78 is 1.76. The highest BCUT2D eigenvalue weighted by Crippen LogP contribution is 2.27. The van der Waals surface area contributed by atoms with Crippen LogP contribution in [-0.4, -0.2) is 17.5 Å². The molecule has 27 heavy (non-hydrogen) atoms. The van der Waals surface area contributed by atoms with E-state index in [1.165, 1.54) is 0 Å². The number of hydrogen-bond acceptors (Lipinski definition) is 3. The van der Waals surface area contributed by atoms with E-state index >= 15 is 0 Å². The van der Waals surface area contributed by atoms with Crippen LogP contribution in [0.2, 0.25) is 0 Å². The van der Waals surface area contributed by atoms with Gasteiger partial charge in [-0.15, -0.1) is 0 Å². The minimum Gasteiger partial charge on any atom is -0.437 e. The van der Waals surface area contributed by atoms with Crippen LogP contribution < -0.4 is 10.8 Å². The fourth-order valence-electron chi connectivity index (χ4n) is 3.46. The number of fused-ring (bicyclic) bond motifs is 1. The van der Waals surface area contributed by atoms with Gasteiger partial charge in [0, 0.05) is 5.69 Å². The molecule has 0 spiro atoms. The van der Waals surface area contributed by atoms with E-state index in [0.717, 1.165) is 11.1 Å². The van der Waals surface area contributed by atoms with E-state index in [9.17, 15) is 4.79 Å². The Morgan fingerprint density at radius 3 is 2.07 bits per heavy atom. The Morgan fingerprint density at radius 2 is 1.52 bits per heavy atom. The monoisotopic (exact) mass is 351 g/mol. The van der Waals surface area contributed by atoms with Crippen molar-refractivity contribution in [1.82, 2.24) is 9.55 Å². The highest BCUT2D eigenvalue weighted by Gasteiger charge is 2.21. The molecule has 3 aromatic carbocycles. The van der Waals surface area contributed by atoms with Crippen LogP contribution in [0.4, 0.5) is 5.69 Å². The highest BCUT2D eigenvalue weighted by molar-refractivity contribution is 6.16. The van der Waals surface area contributed by atoms with Crippen molar-refractivity contribution in [2.75, 3.05) is 5.23 Å². The Labute approximate surface area is 158 Å². The molecule has 2 radical (unpaired) electrons. The molecule has 0 bridgehead atoms. The summed E-state index contributed by atoms with van der Waals surface area (Å²) in [5.74, 6) is 0.665. The number of aromatic nitrogens is 2. The summed E-state index contributed by atoms with van der Waals surface area (Å²) in [5, 5.41) is 3.13. The molecule has 0 aliphatic rings. The van der Waals surface area contributed by atoms with E-state index in [4.69, 9.17) is 7.98 Å². The Kier molecular flexibility index (Phi) is 4.51. The molecule has 0 aliphatic heterocycles. The number of hydrogen-bond donors (Lipinski definition) is 1. The maximum Gasteiger partial charge on any atom is 0.262 e. The van der Waals surface area contributed by atoms with Crippen LogP contribution in [0.25, 0.3) is 10.9 Å². The number of nitrogens with one attached hydrogen (secondary N) is 1. The van der Waals surface area contributed by atoms with Gasteiger partial charge in [-0.05, 0) is 36.2 Å². The molecule has 0 saturated carbocycles. The Bertz CT molecular complexity index is 1100. The zero-order chi connectivity index (χ0) is 18.8. The van der Waals surface area contributed by atoms with Gasteiger partial charge in [-0.3, -0.25) is 9.36 Å². The van der Waals surface area contributed by atoms with Crippen molar-refractivity contribution in [3.63, 3.8) is 0 Å². The summed E-state index contributed by atoms with van der Waals surface area (Å²) >= 11 is 0. The molecule has 4 nitrogen and oxygen atoms in total. The molecule has 1 N–H and O–H groups in total. The fraction of sp³-hybridized carbons (Fsp3) is 0.0909. The SMILES string of the molecule is [B]Nc1ccc2nc(C)n(C(c3ccccc3)c3ccccc3)c(=O)c2c1. The van der Waals surface area contributed by atoms with Crippen molar-refractivity contribution in [3.05, 3.63) is 106 Å². The van der Waals surface area contributed by atoms with Crippen molar-refractivity contribution in [2.45, 2.75) is 13.0 Å². The lowest BCUT2D eigenvalue weighted by atomic mass is 9.98. The summed E-state index contributed by atoms with van der Waals surface area (Å²) in [6.45, 7) is 1.87. The minimum atomic E-state index is -0.258. The van der Waals surface area contributed by atoms with E-state index in [2.05, 4.69) is 10.2 Å². The Morgan fingerprint density at radius 1 is 0.926 bits per heavy atom. The maximum absolute atomic E-state index is 13.5. The third-order valence-corrected chi connectivity index (χ3v) is 4.73.